The number of carbonyl (C=O) groups is 1. The molecule has 1 amide bonds. The number of benzene rings is 3. The van der Waals surface area contributed by atoms with E-state index in [1.165, 1.54) is 0 Å². The zero-order valence-electron chi connectivity index (χ0n) is 20.0. The van der Waals surface area contributed by atoms with Crippen molar-refractivity contribution in [3.05, 3.63) is 95.6 Å². The third kappa shape index (κ3) is 5.60. The lowest BCUT2D eigenvalue weighted by Gasteiger charge is -2.31. The predicted molar refractivity (Wildman–Crippen MR) is 135 cm³/mol. The molecule has 4 rings (SSSR count). The molecule has 0 aromatic heterocycles. The van der Waals surface area contributed by atoms with E-state index in [1.54, 1.807) is 4.90 Å². The molecule has 3 aromatic rings. The Morgan fingerprint density at radius 1 is 0.971 bits per heavy atom. The van der Waals surface area contributed by atoms with E-state index in [0.717, 1.165) is 40.3 Å². The third-order valence-electron chi connectivity index (χ3n) is 5.97. The van der Waals surface area contributed by atoms with Gasteiger partial charge in [-0.1, -0.05) is 55.5 Å². The van der Waals surface area contributed by atoms with Gasteiger partial charge in [-0.3, -0.25) is 4.90 Å². The van der Waals surface area contributed by atoms with Crippen LogP contribution in [-0.2, 0) is 17.9 Å². The molecule has 0 saturated heterocycles. The molecule has 176 valence electrons. The Bertz CT molecular complexity index is 1140. The predicted octanol–water partition coefficient (Wildman–Crippen LogP) is 7.00. The fraction of sp³-hybridized carbons (Fsp3) is 0.276. The summed E-state index contributed by atoms with van der Waals surface area (Å²) < 4.78 is 17.4. The van der Waals surface area contributed by atoms with Gasteiger partial charge in [0.15, 0.2) is 0 Å². The van der Waals surface area contributed by atoms with E-state index in [1.807, 2.05) is 79.7 Å². The quantitative estimate of drug-likeness (QED) is 0.365. The van der Waals surface area contributed by atoms with Crippen molar-refractivity contribution in [1.29, 1.82) is 0 Å². The Kier molecular flexibility index (Phi) is 7.21. The standard InChI is InChI=1S/C29H31NO4/c1-4-29(3)18-17-24-19-25(13-16-27(24)34-29)30(20-22-9-7-6-8-10-22)28(31)33-21-23-11-14-26(15-12-23)32-5-2/h6-19H,4-5,20-21H2,1-3H3. The first kappa shape index (κ1) is 23.4. The van der Waals surface area contributed by atoms with Crippen LogP contribution in [0.4, 0.5) is 10.5 Å². The van der Waals surface area contributed by atoms with E-state index in [2.05, 4.69) is 26.0 Å². The van der Waals surface area contributed by atoms with Crippen molar-refractivity contribution in [3.63, 3.8) is 0 Å². The smallest absolute Gasteiger partial charge is 0.414 e. The summed E-state index contributed by atoms with van der Waals surface area (Å²) in [4.78, 5) is 14.9. The van der Waals surface area contributed by atoms with Crippen LogP contribution in [0.2, 0.25) is 0 Å². The first-order valence-electron chi connectivity index (χ1n) is 11.7. The molecule has 1 aliphatic rings. The maximum Gasteiger partial charge on any atom is 0.414 e. The minimum absolute atomic E-state index is 0.180. The maximum atomic E-state index is 13.2. The van der Waals surface area contributed by atoms with E-state index in [0.29, 0.717) is 13.2 Å². The molecule has 3 aromatic carbocycles. The Balaban J connectivity index is 1.54. The monoisotopic (exact) mass is 457 g/mol. The van der Waals surface area contributed by atoms with Gasteiger partial charge in [-0.2, -0.15) is 0 Å². The molecular weight excluding hydrogens is 426 g/mol. The van der Waals surface area contributed by atoms with Crippen molar-refractivity contribution >= 4 is 17.9 Å². The SMILES string of the molecule is CCOc1ccc(COC(=O)N(Cc2ccccc2)c2ccc3c(c2)C=CC(C)(CC)O3)cc1. The van der Waals surface area contributed by atoms with Gasteiger partial charge in [0.2, 0.25) is 0 Å². The van der Waals surface area contributed by atoms with Crippen molar-refractivity contribution in [3.8, 4) is 11.5 Å². The summed E-state index contributed by atoms with van der Waals surface area (Å²) in [5.41, 5.74) is 3.31. The van der Waals surface area contributed by atoms with Gasteiger partial charge in [-0.25, -0.2) is 4.79 Å². The molecule has 5 heteroatoms. The van der Waals surface area contributed by atoms with E-state index in [9.17, 15) is 4.79 Å². The molecular formula is C29H31NO4. The van der Waals surface area contributed by atoms with Gasteiger partial charge in [-0.05, 0) is 67.8 Å². The van der Waals surface area contributed by atoms with Crippen LogP contribution in [0.15, 0.2) is 78.9 Å². The first-order chi connectivity index (χ1) is 16.5. The van der Waals surface area contributed by atoms with Crippen LogP contribution in [-0.4, -0.2) is 18.3 Å². The van der Waals surface area contributed by atoms with Crippen molar-refractivity contribution < 1.29 is 19.0 Å². The zero-order valence-corrected chi connectivity index (χ0v) is 20.0. The summed E-state index contributed by atoms with van der Waals surface area (Å²) in [6, 6.07) is 23.3. The largest absolute Gasteiger partial charge is 0.494 e. The maximum absolute atomic E-state index is 13.2. The summed E-state index contributed by atoms with van der Waals surface area (Å²) >= 11 is 0. The number of hydrogen-bond acceptors (Lipinski definition) is 4. The molecule has 1 atom stereocenters. The number of amides is 1. The van der Waals surface area contributed by atoms with Gasteiger partial charge in [0, 0.05) is 11.3 Å². The average Bonchev–Trinajstić information content (AvgIpc) is 2.87. The normalized spacial score (nSPS) is 16.3. The Morgan fingerprint density at radius 3 is 2.44 bits per heavy atom. The molecule has 0 aliphatic carbocycles. The second-order valence-electron chi connectivity index (χ2n) is 8.53. The molecule has 1 aliphatic heterocycles. The second kappa shape index (κ2) is 10.5. The van der Waals surface area contributed by atoms with Gasteiger partial charge in [0.1, 0.15) is 23.7 Å². The summed E-state index contributed by atoms with van der Waals surface area (Å²) in [6.07, 6.45) is 4.61. The van der Waals surface area contributed by atoms with Crippen LogP contribution in [0.25, 0.3) is 6.08 Å². The van der Waals surface area contributed by atoms with Gasteiger partial charge >= 0.3 is 6.09 Å². The zero-order chi connectivity index (χ0) is 24.0. The van der Waals surface area contributed by atoms with Gasteiger partial charge in [0.05, 0.1) is 13.2 Å². The van der Waals surface area contributed by atoms with Gasteiger partial charge in [-0.15, -0.1) is 0 Å². The van der Waals surface area contributed by atoms with E-state index < -0.39 is 6.09 Å². The Morgan fingerprint density at radius 2 is 1.74 bits per heavy atom. The third-order valence-corrected chi connectivity index (χ3v) is 5.97. The molecule has 0 bridgehead atoms. The summed E-state index contributed by atoms with van der Waals surface area (Å²) in [5.74, 6) is 1.62. The highest BCUT2D eigenvalue weighted by molar-refractivity contribution is 5.88. The highest BCUT2D eigenvalue weighted by Crippen LogP contribution is 2.35. The van der Waals surface area contributed by atoms with Crippen molar-refractivity contribution in [2.75, 3.05) is 11.5 Å². The average molecular weight is 458 g/mol. The van der Waals surface area contributed by atoms with Crippen LogP contribution in [0.3, 0.4) is 0 Å². The van der Waals surface area contributed by atoms with Crippen LogP contribution >= 0.6 is 0 Å². The van der Waals surface area contributed by atoms with Crippen LogP contribution < -0.4 is 14.4 Å². The molecule has 0 radical (unpaired) electrons. The lowest BCUT2D eigenvalue weighted by atomic mass is 9.97. The summed E-state index contributed by atoms with van der Waals surface area (Å²) in [5, 5.41) is 0. The lowest BCUT2D eigenvalue weighted by molar-refractivity contribution is 0.133. The van der Waals surface area contributed by atoms with Crippen molar-refractivity contribution in [2.24, 2.45) is 0 Å². The Hall–Kier alpha value is -3.73. The Labute approximate surface area is 201 Å². The molecule has 1 heterocycles. The second-order valence-corrected chi connectivity index (χ2v) is 8.53. The molecule has 0 saturated carbocycles. The molecule has 34 heavy (non-hydrogen) atoms. The summed E-state index contributed by atoms with van der Waals surface area (Å²) in [7, 11) is 0. The summed E-state index contributed by atoms with van der Waals surface area (Å²) in [6.45, 7) is 7.31. The van der Waals surface area contributed by atoms with Crippen LogP contribution in [0.1, 0.15) is 43.9 Å². The van der Waals surface area contributed by atoms with Crippen LogP contribution in [0.5, 0.6) is 11.5 Å². The topological polar surface area (TPSA) is 48.0 Å². The fourth-order valence-electron chi connectivity index (χ4n) is 3.77. The molecule has 0 spiro atoms. The number of carbonyl (C=O) groups excluding carboxylic acids is 1. The highest BCUT2D eigenvalue weighted by Gasteiger charge is 2.26. The van der Waals surface area contributed by atoms with Crippen LogP contribution in [0, 0.1) is 0 Å². The number of anilines is 1. The highest BCUT2D eigenvalue weighted by atomic mass is 16.6. The molecule has 1 unspecified atom stereocenters. The fourth-order valence-corrected chi connectivity index (χ4v) is 3.77. The van der Waals surface area contributed by atoms with Gasteiger partial charge in [0.25, 0.3) is 0 Å². The number of fused-ring (bicyclic) bond motifs is 1. The minimum Gasteiger partial charge on any atom is -0.494 e. The number of rotatable bonds is 8. The number of ether oxygens (including phenoxy) is 3. The van der Waals surface area contributed by atoms with Crippen molar-refractivity contribution in [2.45, 2.75) is 45.9 Å². The lowest BCUT2D eigenvalue weighted by Crippen LogP contribution is -2.32. The number of nitrogens with zero attached hydrogens (tertiary/aromatic N) is 1. The van der Waals surface area contributed by atoms with E-state index in [4.69, 9.17) is 14.2 Å². The molecule has 0 N–H and O–H groups in total. The first-order valence-corrected chi connectivity index (χ1v) is 11.7. The van der Waals surface area contributed by atoms with E-state index in [-0.39, 0.29) is 12.2 Å². The minimum atomic E-state index is -0.406. The van der Waals surface area contributed by atoms with Gasteiger partial charge < -0.3 is 14.2 Å². The molecule has 0 fully saturated rings. The van der Waals surface area contributed by atoms with Crippen molar-refractivity contribution in [1.82, 2.24) is 0 Å². The molecule has 5 nitrogen and oxygen atoms in total. The number of hydrogen-bond donors (Lipinski definition) is 0. The van der Waals surface area contributed by atoms with E-state index >= 15 is 0 Å².